The molecule has 2 atom stereocenters. The topological polar surface area (TPSA) is 55.2 Å². The van der Waals surface area contributed by atoms with Gasteiger partial charge in [-0.05, 0) is 39.2 Å². The predicted molar refractivity (Wildman–Crippen MR) is 85.6 cm³/mol. The molecule has 5 nitrogen and oxygen atoms in total. The fraction of sp³-hybridized carbons (Fsp3) is 0.471. The maximum Gasteiger partial charge on any atom is 0.275 e. The number of carbonyl (C=O) groups is 1. The molecule has 1 aromatic carbocycles. The molecule has 22 heavy (non-hydrogen) atoms. The molecule has 1 saturated heterocycles. The average molecular weight is 299 g/mol. The molecule has 2 heterocycles. The van der Waals surface area contributed by atoms with Crippen LogP contribution in [0.15, 0.2) is 35.3 Å². The molecule has 1 aliphatic rings. The number of amides is 1. The van der Waals surface area contributed by atoms with Crippen LogP contribution >= 0.6 is 0 Å². The van der Waals surface area contributed by atoms with Crippen molar-refractivity contribution in [2.45, 2.75) is 51.7 Å². The summed E-state index contributed by atoms with van der Waals surface area (Å²) in [6.45, 7) is 4.16. The van der Waals surface area contributed by atoms with Gasteiger partial charge in [0.15, 0.2) is 0 Å². The summed E-state index contributed by atoms with van der Waals surface area (Å²) in [6.07, 6.45) is 4.85. The van der Waals surface area contributed by atoms with Gasteiger partial charge in [0.25, 0.3) is 5.56 Å². The summed E-state index contributed by atoms with van der Waals surface area (Å²) < 4.78 is 1.28. The molecule has 0 aliphatic carbocycles. The Morgan fingerprint density at radius 1 is 1.23 bits per heavy atom. The SMILES string of the molecule is CC1CCCC(C)N1C(=O)Cn1ncc2ccccc2c1=O. The molecule has 1 fully saturated rings. The minimum absolute atomic E-state index is 0.0122. The Balaban J connectivity index is 1.88. The number of likely N-dealkylation sites (tertiary alicyclic amines) is 1. The largest absolute Gasteiger partial charge is 0.336 e. The zero-order chi connectivity index (χ0) is 15.7. The number of piperidine rings is 1. The van der Waals surface area contributed by atoms with Crippen molar-refractivity contribution in [1.29, 1.82) is 0 Å². The second-order valence-corrected chi connectivity index (χ2v) is 6.12. The zero-order valence-electron chi connectivity index (χ0n) is 13.0. The lowest BCUT2D eigenvalue weighted by Crippen LogP contribution is -2.49. The molecule has 2 unspecified atom stereocenters. The molecule has 2 aromatic rings. The van der Waals surface area contributed by atoms with Crippen LogP contribution in [0.2, 0.25) is 0 Å². The third-order valence-electron chi connectivity index (χ3n) is 4.53. The highest BCUT2D eigenvalue weighted by atomic mass is 16.2. The molecule has 3 rings (SSSR count). The molecule has 0 radical (unpaired) electrons. The second kappa shape index (κ2) is 5.91. The van der Waals surface area contributed by atoms with Crippen LogP contribution in [0, 0.1) is 0 Å². The minimum Gasteiger partial charge on any atom is -0.336 e. The van der Waals surface area contributed by atoms with Gasteiger partial charge in [-0.3, -0.25) is 9.59 Å². The monoisotopic (exact) mass is 299 g/mol. The highest BCUT2D eigenvalue weighted by Crippen LogP contribution is 2.22. The van der Waals surface area contributed by atoms with Gasteiger partial charge < -0.3 is 4.90 Å². The maximum atomic E-state index is 12.6. The van der Waals surface area contributed by atoms with Gasteiger partial charge in [-0.2, -0.15) is 5.10 Å². The van der Waals surface area contributed by atoms with E-state index in [9.17, 15) is 9.59 Å². The van der Waals surface area contributed by atoms with Crippen LogP contribution < -0.4 is 5.56 Å². The van der Waals surface area contributed by atoms with E-state index >= 15 is 0 Å². The highest BCUT2D eigenvalue weighted by Gasteiger charge is 2.29. The number of benzene rings is 1. The molecular formula is C17H21N3O2. The summed E-state index contributed by atoms with van der Waals surface area (Å²) >= 11 is 0. The number of carbonyl (C=O) groups excluding carboxylic acids is 1. The van der Waals surface area contributed by atoms with E-state index in [4.69, 9.17) is 0 Å². The Morgan fingerprint density at radius 3 is 2.64 bits per heavy atom. The highest BCUT2D eigenvalue weighted by molar-refractivity contribution is 5.81. The second-order valence-electron chi connectivity index (χ2n) is 6.12. The van der Waals surface area contributed by atoms with E-state index in [2.05, 4.69) is 18.9 Å². The van der Waals surface area contributed by atoms with E-state index in [0.29, 0.717) is 5.39 Å². The summed E-state index contributed by atoms with van der Waals surface area (Å²) in [5.41, 5.74) is -0.205. The predicted octanol–water partition coefficient (Wildman–Crippen LogP) is 2.19. The van der Waals surface area contributed by atoms with Gasteiger partial charge in [0, 0.05) is 17.5 Å². The Kier molecular flexibility index (Phi) is 3.96. The summed E-state index contributed by atoms with van der Waals surface area (Å²) in [4.78, 5) is 27.0. The third-order valence-corrected chi connectivity index (χ3v) is 4.53. The smallest absolute Gasteiger partial charge is 0.275 e. The first-order chi connectivity index (χ1) is 10.6. The standard InChI is InChI=1S/C17H21N3O2/c1-12-6-5-7-13(2)20(12)16(21)11-19-17(22)15-9-4-3-8-14(15)10-18-19/h3-4,8-10,12-13H,5-7,11H2,1-2H3. The number of aromatic nitrogens is 2. The van der Waals surface area contributed by atoms with Crippen molar-refractivity contribution >= 4 is 16.7 Å². The molecule has 0 saturated carbocycles. The summed E-state index contributed by atoms with van der Waals surface area (Å²) in [5, 5.41) is 5.55. The van der Waals surface area contributed by atoms with E-state index in [-0.39, 0.29) is 30.1 Å². The minimum atomic E-state index is -0.205. The van der Waals surface area contributed by atoms with Gasteiger partial charge in [-0.1, -0.05) is 18.2 Å². The molecule has 1 aromatic heterocycles. The summed E-state index contributed by atoms with van der Waals surface area (Å²) in [7, 11) is 0. The van der Waals surface area contributed by atoms with Crippen LogP contribution in [0.4, 0.5) is 0 Å². The van der Waals surface area contributed by atoms with E-state index in [0.717, 1.165) is 24.6 Å². The Labute approximate surface area is 129 Å². The van der Waals surface area contributed by atoms with Crippen molar-refractivity contribution < 1.29 is 4.79 Å². The van der Waals surface area contributed by atoms with Crippen LogP contribution in [-0.4, -0.2) is 32.7 Å². The average Bonchev–Trinajstić information content (AvgIpc) is 2.50. The van der Waals surface area contributed by atoms with E-state index < -0.39 is 0 Å². The van der Waals surface area contributed by atoms with Gasteiger partial charge in [0.2, 0.25) is 5.91 Å². The zero-order valence-corrected chi connectivity index (χ0v) is 13.0. The lowest BCUT2D eigenvalue weighted by Gasteiger charge is -2.39. The molecule has 1 aliphatic heterocycles. The molecule has 0 N–H and O–H groups in total. The summed E-state index contributed by atoms with van der Waals surface area (Å²) in [6, 6.07) is 7.78. The van der Waals surface area contributed by atoms with E-state index in [1.165, 1.54) is 4.68 Å². The lowest BCUT2D eigenvalue weighted by atomic mass is 9.97. The molecular weight excluding hydrogens is 278 g/mol. The Bertz CT molecular complexity index is 743. The normalized spacial score (nSPS) is 22.0. The fourth-order valence-corrected chi connectivity index (χ4v) is 3.36. The molecule has 5 heteroatoms. The molecule has 116 valence electrons. The van der Waals surface area contributed by atoms with Crippen molar-refractivity contribution in [3.8, 4) is 0 Å². The van der Waals surface area contributed by atoms with Crippen molar-refractivity contribution in [2.24, 2.45) is 0 Å². The number of fused-ring (bicyclic) bond motifs is 1. The van der Waals surface area contributed by atoms with Crippen LogP contribution in [0.3, 0.4) is 0 Å². The number of nitrogens with zero attached hydrogens (tertiary/aromatic N) is 3. The van der Waals surface area contributed by atoms with Crippen molar-refractivity contribution in [1.82, 2.24) is 14.7 Å². The van der Waals surface area contributed by atoms with Crippen molar-refractivity contribution in [3.63, 3.8) is 0 Å². The lowest BCUT2D eigenvalue weighted by molar-refractivity contribution is -0.138. The fourth-order valence-electron chi connectivity index (χ4n) is 3.36. The van der Waals surface area contributed by atoms with Gasteiger partial charge in [-0.15, -0.1) is 0 Å². The molecule has 0 spiro atoms. The number of hydrogen-bond donors (Lipinski definition) is 0. The Hall–Kier alpha value is -2.17. The quantitative estimate of drug-likeness (QED) is 0.854. The van der Waals surface area contributed by atoms with E-state index in [1.807, 2.05) is 23.1 Å². The maximum absolute atomic E-state index is 12.6. The van der Waals surface area contributed by atoms with Crippen molar-refractivity contribution in [3.05, 3.63) is 40.8 Å². The molecule has 0 bridgehead atoms. The molecule has 1 amide bonds. The van der Waals surface area contributed by atoms with Gasteiger partial charge in [-0.25, -0.2) is 4.68 Å². The Morgan fingerprint density at radius 2 is 1.91 bits per heavy atom. The van der Waals surface area contributed by atoms with Crippen LogP contribution in [0.5, 0.6) is 0 Å². The first kappa shape index (κ1) is 14.8. The van der Waals surface area contributed by atoms with Crippen LogP contribution in [0.1, 0.15) is 33.1 Å². The first-order valence-corrected chi connectivity index (χ1v) is 7.84. The van der Waals surface area contributed by atoms with Crippen LogP contribution in [0.25, 0.3) is 10.8 Å². The van der Waals surface area contributed by atoms with Gasteiger partial charge >= 0.3 is 0 Å². The summed E-state index contributed by atoms with van der Waals surface area (Å²) in [5.74, 6) is -0.0235. The van der Waals surface area contributed by atoms with Gasteiger partial charge in [0.05, 0.1) is 11.6 Å². The van der Waals surface area contributed by atoms with Crippen LogP contribution in [-0.2, 0) is 11.3 Å². The first-order valence-electron chi connectivity index (χ1n) is 7.84. The van der Waals surface area contributed by atoms with Crippen molar-refractivity contribution in [2.75, 3.05) is 0 Å². The van der Waals surface area contributed by atoms with Gasteiger partial charge in [0.1, 0.15) is 6.54 Å². The third kappa shape index (κ3) is 2.63. The number of rotatable bonds is 2. The van der Waals surface area contributed by atoms with E-state index in [1.54, 1.807) is 12.3 Å². The number of hydrogen-bond acceptors (Lipinski definition) is 3.